The van der Waals surface area contributed by atoms with Gasteiger partial charge in [0, 0.05) is 23.6 Å². The zero-order chi connectivity index (χ0) is 10.1. The van der Waals surface area contributed by atoms with Crippen LogP contribution >= 0.6 is 15.9 Å². The van der Waals surface area contributed by atoms with Gasteiger partial charge in [-0.1, -0.05) is 22.0 Å². The van der Waals surface area contributed by atoms with Crippen molar-refractivity contribution in [1.29, 1.82) is 0 Å². The maximum atomic E-state index is 3.52. The summed E-state index contributed by atoms with van der Waals surface area (Å²) in [4.78, 5) is 2.52. The molecule has 2 heteroatoms. The minimum atomic E-state index is 0.659. The Labute approximate surface area is 94.2 Å². The lowest BCUT2D eigenvalue weighted by Crippen LogP contribution is -2.35. The predicted molar refractivity (Wildman–Crippen MR) is 63.4 cm³/mol. The van der Waals surface area contributed by atoms with Gasteiger partial charge in [0.2, 0.25) is 0 Å². The molecule has 0 atom stereocenters. The highest BCUT2D eigenvalue weighted by molar-refractivity contribution is 9.10. The third-order valence-electron chi connectivity index (χ3n) is 2.94. The minimum Gasteiger partial charge on any atom is -0.296 e. The Morgan fingerprint density at radius 3 is 2.79 bits per heavy atom. The second-order valence-corrected chi connectivity index (χ2v) is 5.14. The highest BCUT2D eigenvalue weighted by Crippen LogP contribution is 2.23. The number of hydrogen-bond donors (Lipinski definition) is 0. The predicted octanol–water partition coefficient (Wildman–Crippen LogP) is 3.22. The maximum absolute atomic E-state index is 3.52. The van der Waals surface area contributed by atoms with Crippen LogP contribution in [0.5, 0.6) is 0 Å². The van der Waals surface area contributed by atoms with Crippen molar-refractivity contribution in [3.63, 3.8) is 0 Å². The number of benzene rings is 1. The molecule has 0 aliphatic carbocycles. The van der Waals surface area contributed by atoms with E-state index in [1.165, 1.54) is 28.6 Å². The van der Waals surface area contributed by atoms with Gasteiger partial charge in [-0.25, -0.2) is 0 Å². The van der Waals surface area contributed by atoms with Gasteiger partial charge in [0.15, 0.2) is 0 Å². The first-order chi connectivity index (χ1) is 6.66. The van der Waals surface area contributed by atoms with Crippen molar-refractivity contribution in [2.24, 2.45) is 0 Å². The summed E-state index contributed by atoms with van der Waals surface area (Å²) in [5, 5.41) is 0. The summed E-state index contributed by atoms with van der Waals surface area (Å²) in [7, 11) is 0. The first-order valence-electron chi connectivity index (χ1n) is 5.18. The molecule has 0 saturated heterocycles. The van der Waals surface area contributed by atoms with Crippen LogP contribution in [0.1, 0.15) is 25.0 Å². The Kier molecular flexibility index (Phi) is 2.93. The molecule has 0 aromatic heterocycles. The maximum Gasteiger partial charge on any atom is 0.0239 e. The molecule has 0 saturated carbocycles. The van der Waals surface area contributed by atoms with Crippen molar-refractivity contribution in [1.82, 2.24) is 4.90 Å². The van der Waals surface area contributed by atoms with E-state index in [0.29, 0.717) is 6.04 Å². The molecule has 0 amide bonds. The lowest BCUT2D eigenvalue weighted by atomic mass is 9.99. The van der Waals surface area contributed by atoms with Gasteiger partial charge >= 0.3 is 0 Å². The molecule has 0 unspecified atom stereocenters. The summed E-state index contributed by atoms with van der Waals surface area (Å²) in [6.07, 6.45) is 1.19. The molecular formula is C12H16BrN. The highest BCUT2D eigenvalue weighted by atomic mass is 79.9. The Bertz CT molecular complexity index is 333. The zero-order valence-electron chi connectivity index (χ0n) is 8.76. The Hall–Kier alpha value is -0.340. The summed E-state index contributed by atoms with van der Waals surface area (Å²) < 4.78 is 1.20. The molecule has 1 aliphatic rings. The summed E-state index contributed by atoms with van der Waals surface area (Å²) in [5.74, 6) is 0. The smallest absolute Gasteiger partial charge is 0.0239 e. The van der Waals surface area contributed by atoms with E-state index in [4.69, 9.17) is 0 Å². The highest BCUT2D eigenvalue weighted by Gasteiger charge is 2.17. The third-order valence-corrected chi connectivity index (χ3v) is 3.43. The molecule has 2 rings (SSSR count). The molecule has 14 heavy (non-hydrogen) atoms. The van der Waals surface area contributed by atoms with Gasteiger partial charge in [-0.05, 0) is 43.5 Å². The fourth-order valence-corrected chi connectivity index (χ4v) is 2.39. The van der Waals surface area contributed by atoms with Gasteiger partial charge in [-0.3, -0.25) is 4.90 Å². The molecule has 0 bridgehead atoms. The topological polar surface area (TPSA) is 3.24 Å². The van der Waals surface area contributed by atoms with Crippen LogP contribution in [-0.2, 0) is 13.0 Å². The lowest BCUT2D eigenvalue weighted by Gasteiger charge is -2.31. The monoisotopic (exact) mass is 253 g/mol. The van der Waals surface area contributed by atoms with E-state index in [-0.39, 0.29) is 0 Å². The average molecular weight is 254 g/mol. The first-order valence-corrected chi connectivity index (χ1v) is 5.97. The number of hydrogen-bond acceptors (Lipinski definition) is 1. The van der Waals surface area contributed by atoms with Gasteiger partial charge in [-0.2, -0.15) is 0 Å². The molecule has 76 valence electrons. The minimum absolute atomic E-state index is 0.659. The third kappa shape index (κ3) is 2.01. The van der Waals surface area contributed by atoms with E-state index in [1.54, 1.807) is 0 Å². The van der Waals surface area contributed by atoms with Crippen LogP contribution in [0, 0.1) is 0 Å². The normalized spacial score (nSPS) is 17.1. The molecule has 1 aliphatic heterocycles. The van der Waals surface area contributed by atoms with Crippen LogP contribution in [0.25, 0.3) is 0 Å². The first kappa shape index (κ1) is 10.2. The lowest BCUT2D eigenvalue weighted by molar-refractivity contribution is 0.203. The molecule has 1 heterocycles. The summed E-state index contributed by atoms with van der Waals surface area (Å²) in [6.45, 7) is 6.84. The van der Waals surface area contributed by atoms with Crippen molar-refractivity contribution in [3.05, 3.63) is 33.8 Å². The van der Waals surface area contributed by atoms with Crippen LogP contribution in [0.2, 0.25) is 0 Å². The SMILES string of the molecule is CC(C)N1CCc2cc(Br)ccc2C1. The van der Waals surface area contributed by atoms with E-state index in [9.17, 15) is 0 Å². The van der Waals surface area contributed by atoms with Crippen molar-refractivity contribution in [3.8, 4) is 0 Å². The standard InChI is InChI=1S/C12H16BrN/c1-9(2)14-6-5-10-7-12(13)4-3-11(10)8-14/h3-4,7,9H,5-6,8H2,1-2H3. The van der Waals surface area contributed by atoms with E-state index in [2.05, 4.69) is 52.9 Å². The summed E-state index contributed by atoms with van der Waals surface area (Å²) in [5.41, 5.74) is 3.00. The second kappa shape index (κ2) is 4.03. The van der Waals surface area contributed by atoms with Gasteiger partial charge in [0.1, 0.15) is 0 Å². The van der Waals surface area contributed by atoms with E-state index in [1.807, 2.05) is 0 Å². The van der Waals surface area contributed by atoms with Gasteiger partial charge in [-0.15, -0.1) is 0 Å². The zero-order valence-corrected chi connectivity index (χ0v) is 10.3. The Balaban J connectivity index is 2.23. The largest absolute Gasteiger partial charge is 0.296 e. The Morgan fingerprint density at radius 2 is 2.07 bits per heavy atom. The summed E-state index contributed by atoms with van der Waals surface area (Å²) in [6, 6.07) is 7.30. The molecule has 1 nitrogen and oxygen atoms in total. The van der Waals surface area contributed by atoms with Crippen molar-refractivity contribution >= 4 is 15.9 Å². The second-order valence-electron chi connectivity index (χ2n) is 4.23. The fourth-order valence-electron chi connectivity index (χ4n) is 1.98. The van der Waals surface area contributed by atoms with Crippen molar-refractivity contribution in [2.75, 3.05) is 6.54 Å². The number of halogens is 1. The van der Waals surface area contributed by atoms with Crippen molar-refractivity contribution in [2.45, 2.75) is 32.9 Å². The van der Waals surface area contributed by atoms with Crippen LogP contribution in [0.4, 0.5) is 0 Å². The molecular weight excluding hydrogens is 238 g/mol. The fraction of sp³-hybridized carbons (Fsp3) is 0.500. The average Bonchev–Trinajstić information content (AvgIpc) is 2.16. The molecule has 1 aromatic rings. The molecule has 0 spiro atoms. The van der Waals surface area contributed by atoms with Crippen LogP contribution < -0.4 is 0 Å². The van der Waals surface area contributed by atoms with E-state index >= 15 is 0 Å². The molecule has 0 radical (unpaired) electrons. The number of fused-ring (bicyclic) bond motifs is 1. The molecule has 0 N–H and O–H groups in total. The van der Waals surface area contributed by atoms with E-state index < -0.39 is 0 Å². The molecule has 1 aromatic carbocycles. The molecule has 0 fully saturated rings. The summed E-state index contributed by atoms with van der Waals surface area (Å²) >= 11 is 3.52. The van der Waals surface area contributed by atoms with Crippen LogP contribution in [-0.4, -0.2) is 17.5 Å². The van der Waals surface area contributed by atoms with Gasteiger partial charge in [0.05, 0.1) is 0 Å². The number of rotatable bonds is 1. The van der Waals surface area contributed by atoms with Gasteiger partial charge < -0.3 is 0 Å². The van der Waals surface area contributed by atoms with Crippen LogP contribution in [0.15, 0.2) is 22.7 Å². The van der Waals surface area contributed by atoms with Gasteiger partial charge in [0.25, 0.3) is 0 Å². The van der Waals surface area contributed by atoms with E-state index in [0.717, 1.165) is 6.54 Å². The Morgan fingerprint density at radius 1 is 1.29 bits per heavy atom. The quantitative estimate of drug-likeness (QED) is 0.743. The van der Waals surface area contributed by atoms with Crippen molar-refractivity contribution < 1.29 is 0 Å². The van der Waals surface area contributed by atoms with Crippen LogP contribution in [0.3, 0.4) is 0 Å². The number of nitrogens with zero attached hydrogens (tertiary/aromatic N) is 1.